The Kier molecular flexibility index (Phi) is 9.19. The summed E-state index contributed by atoms with van der Waals surface area (Å²) in [6.45, 7) is 6.98. The summed E-state index contributed by atoms with van der Waals surface area (Å²) in [5, 5.41) is 3.00. The monoisotopic (exact) mass is 449 g/mol. The molecule has 6 heteroatoms. The van der Waals surface area contributed by atoms with Crippen LogP contribution in [0.1, 0.15) is 54.6 Å². The molecule has 1 aliphatic rings. The van der Waals surface area contributed by atoms with Crippen molar-refractivity contribution < 1.29 is 14.4 Å². The molecule has 176 valence electrons. The van der Waals surface area contributed by atoms with Gasteiger partial charge in [0.15, 0.2) is 5.78 Å². The summed E-state index contributed by atoms with van der Waals surface area (Å²) >= 11 is 0. The largest absolute Gasteiger partial charge is 0.340 e. The van der Waals surface area contributed by atoms with Crippen molar-refractivity contribution in [2.45, 2.75) is 46.0 Å². The highest BCUT2D eigenvalue weighted by atomic mass is 16.2. The van der Waals surface area contributed by atoms with Gasteiger partial charge in [0.05, 0.1) is 6.54 Å². The number of carbonyl (C=O) groups excluding carboxylic acids is 3. The Morgan fingerprint density at radius 2 is 1.58 bits per heavy atom. The first-order valence-electron chi connectivity index (χ1n) is 12.0. The second-order valence-electron chi connectivity index (χ2n) is 8.59. The SMILES string of the molecule is CCCc1ccc(C(=O)CCC(=O)N2CCN(CC(=O)Nc3ccccc3CC)CC2)cc1. The number of nitrogens with zero attached hydrogens (tertiary/aromatic N) is 2. The summed E-state index contributed by atoms with van der Waals surface area (Å²) in [4.78, 5) is 41.4. The fourth-order valence-electron chi connectivity index (χ4n) is 4.17. The van der Waals surface area contributed by atoms with Crippen molar-refractivity contribution >= 4 is 23.3 Å². The second kappa shape index (κ2) is 12.3. The van der Waals surface area contributed by atoms with Crippen molar-refractivity contribution in [1.29, 1.82) is 0 Å². The lowest BCUT2D eigenvalue weighted by molar-refractivity contribution is -0.133. The lowest BCUT2D eigenvalue weighted by atomic mass is 10.0. The first kappa shape index (κ1) is 24.6. The second-order valence-corrected chi connectivity index (χ2v) is 8.59. The Balaban J connectivity index is 1.39. The van der Waals surface area contributed by atoms with Gasteiger partial charge in [-0.15, -0.1) is 0 Å². The first-order chi connectivity index (χ1) is 16.0. The van der Waals surface area contributed by atoms with Crippen LogP contribution in [0.4, 0.5) is 5.69 Å². The summed E-state index contributed by atoms with van der Waals surface area (Å²) < 4.78 is 0. The number of para-hydroxylation sites is 1. The molecular weight excluding hydrogens is 414 g/mol. The normalized spacial score (nSPS) is 14.2. The number of hydrogen-bond acceptors (Lipinski definition) is 4. The number of piperazine rings is 1. The summed E-state index contributed by atoms with van der Waals surface area (Å²) in [5.74, 6) is -0.0211. The van der Waals surface area contributed by atoms with Gasteiger partial charge in [0.1, 0.15) is 0 Å². The van der Waals surface area contributed by atoms with Crippen molar-refractivity contribution in [1.82, 2.24) is 9.80 Å². The Morgan fingerprint density at radius 1 is 0.879 bits per heavy atom. The third kappa shape index (κ3) is 7.26. The topological polar surface area (TPSA) is 69.7 Å². The van der Waals surface area contributed by atoms with Crippen LogP contribution in [0.5, 0.6) is 0 Å². The van der Waals surface area contributed by atoms with E-state index < -0.39 is 0 Å². The molecule has 0 radical (unpaired) electrons. The molecule has 1 aliphatic heterocycles. The van der Waals surface area contributed by atoms with E-state index in [1.165, 1.54) is 5.56 Å². The van der Waals surface area contributed by atoms with Crippen molar-refractivity contribution in [3.05, 3.63) is 65.2 Å². The lowest BCUT2D eigenvalue weighted by Gasteiger charge is -2.34. The maximum atomic E-state index is 12.6. The van der Waals surface area contributed by atoms with Gasteiger partial charge in [-0.25, -0.2) is 0 Å². The van der Waals surface area contributed by atoms with Gasteiger partial charge >= 0.3 is 0 Å². The molecule has 0 saturated carbocycles. The van der Waals surface area contributed by atoms with Crippen LogP contribution in [-0.2, 0) is 22.4 Å². The predicted molar refractivity (Wildman–Crippen MR) is 131 cm³/mol. The summed E-state index contributed by atoms with van der Waals surface area (Å²) in [6.07, 6.45) is 3.40. The standard InChI is InChI=1S/C27H35N3O3/c1-3-7-21-10-12-23(13-11-21)25(31)14-15-27(33)30-18-16-29(17-19-30)20-26(32)28-24-9-6-5-8-22(24)4-2/h5-6,8-13H,3-4,7,14-20H2,1-2H3,(H,28,32). The highest BCUT2D eigenvalue weighted by molar-refractivity contribution is 5.98. The van der Waals surface area contributed by atoms with Crippen molar-refractivity contribution in [2.75, 3.05) is 38.0 Å². The Labute approximate surface area is 197 Å². The van der Waals surface area contributed by atoms with E-state index in [1.54, 1.807) is 4.90 Å². The van der Waals surface area contributed by atoms with E-state index >= 15 is 0 Å². The number of nitrogens with one attached hydrogen (secondary N) is 1. The number of hydrogen-bond donors (Lipinski definition) is 1. The van der Waals surface area contributed by atoms with Crippen molar-refractivity contribution in [3.8, 4) is 0 Å². The summed E-state index contributed by atoms with van der Waals surface area (Å²) in [7, 11) is 0. The number of amides is 2. The maximum Gasteiger partial charge on any atom is 0.238 e. The molecule has 6 nitrogen and oxygen atoms in total. The van der Waals surface area contributed by atoms with Crippen LogP contribution in [-0.4, -0.2) is 60.1 Å². The Morgan fingerprint density at radius 3 is 2.24 bits per heavy atom. The minimum Gasteiger partial charge on any atom is -0.340 e. The molecule has 33 heavy (non-hydrogen) atoms. The van der Waals surface area contributed by atoms with Crippen LogP contribution in [0.3, 0.4) is 0 Å². The Hall–Kier alpha value is -2.99. The van der Waals surface area contributed by atoms with Gasteiger partial charge in [0.2, 0.25) is 11.8 Å². The van der Waals surface area contributed by atoms with Crippen LogP contribution in [0.25, 0.3) is 0 Å². The zero-order valence-corrected chi connectivity index (χ0v) is 19.8. The van der Waals surface area contributed by atoms with Crippen LogP contribution in [0, 0.1) is 0 Å². The van der Waals surface area contributed by atoms with E-state index in [4.69, 9.17) is 0 Å². The number of aryl methyl sites for hydroxylation is 2. The molecular formula is C27H35N3O3. The van der Waals surface area contributed by atoms with E-state index in [2.05, 4.69) is 24.1 Å². The van der Waals surface area contributed by atoms with E-state index in [0.717, 1.165) is 30.5 Å². The number of carbonyl (C=O) groups is 3. The molecule has 0 aromatic heterocycles. The molecule has 1 heterocycles. The zero-order valence-electron chi connectivity index (χ0n) is 19.8. The van der Waals surface area contributed by atoms with Gasteiger partial charge in [-0.3, -0.25) is 19.3 Å². The van der Waals surface area contributed by atoms with E-state index in [9.17, 15) is 14.4 Å². The smallest absolute Gasteiger partial charge is 0.238 e. The molecule has 0 bridgehead atoms. The number of anilines is 1. The average molecular weight is 450 g/mol. The van der Waals surface area contributed by atoms with Crippen LogP contribution in [0.15, 0.2) is 48.5 Å². The minimum absolute atomic E-state index is 0.00641. The number of ketones is 1. The van der Waals surface area contributed by atoms with Crippen LogP contribution in [0.2, 0.25) is 0 Å². The molecule has 0 unspecified atom stereocenters. The molecule has 2 aromatic rings. The van der Waals surface area contributed by atoms with Gasteiger partial charge < -0.3 is 10.2 Å². The van der Waals surface area contributed by atoms with E-state index in [0.29, 0.717) is 38.3 Å². The lowest BCUT2D eigenvalue weighted by Crippen LogP contribution is -2.50. The molecule has 1 fully saturated rings. The van der Waals surface area contributed by atoms with Gasteiger partial charge in [0.25, 0.3) is 0 Å². The molecule has 0 spiro atoms. The zero-order chi connectivity index (χ0) is 23.6. The van der Waals surface area contributed by atoms with Crippen LogP contribution >= 0.6 is 0 Å². The summed E-state index contributed by atoms with van der Waals surface area (Å²) in [6, 6.07) is 15.6. The molecule has 3 rings (SSSR count). The van der Waals surface area contributed by atoms with E-state index in [1.807, 2.05) is 48.5 Å². The quantitative estimate of drug-likeness (QED) is 0.558. The Bertz CT molecular complexity index is 947. The van der Waals surface area contributed by atoms with Crippen LogP contribution < -0.4 is 5.32 Å². The molecule has 1 saturated heterocycles. The van der Waals surface area contributed by atoms with Gasteiger partial charge in [0, 0.05) is 50.3 Å². The molecule has 0 aliphatic carbocycles. The fraction of sp³-hybridized carbons (Fsp3) is 0.444. The van der Waals surface area contributed by atoms with Gasteiger partial charge in [-0.1, -0.05) is 62.7 Å². The maximum absolute atomic E-state index is 12.6. The third-order valence-corrected chi connectivity index (χ3v) is 6.15. The summed E-state index contributed by atoms with van der Waals surface area (Å²) in [5.41, 5.74) is 3.88. The molecule has 0 atom stereocenters. The molecule has 1 N–H and O–H groups in total. The molecule has 2 amide bonds. The minimum atomic E-state index is -0.0359. The number of rotatable bonds is 10. The highest BCUT2D eigenvalue weighted by Crippen LogP contribution is 2.16. The predicted octanol–water partition coefficient (Wildman–Crippen LogP) is 3.95. The average Bonchev–Trinajstić information content (AvgIpc) is 2.83. The third-order valence-electron chi connectivity index (χ3n) is 6.15. The van der Waals surface area contributed by atoms with Crippen molar-refractivity contribution in [3.63, 3.8) is 0 Å². The number of Topliss-reactive ketones (excluding diaryl/α,β-unsaturated/α-hetero) is 1. The first-order valence-corrected chi connectivity index (χ1v) is 12.0. The van der Waals surface area contributed by atoms with Crippen molar-refractivity contribution in [2.24, 2.45) is 0 Å². The highest BCUT2D eigenvalue weighted by Gasteiger charge is 2.23. The van der Waals surface area contributed by atoms with Gasteiger partial charge in [-0.05, 0) is 30.0 Å². The fourth-order valence-corrected chi connectivity index (χ4v) is 4.17. The molecule has 2 aromatic carbocycles. The van der Waals surface area contributed by atoms with E-state index in [-0.39, 0.29) is 30.4 Å². The van der Waals surface area contributed by atoms with Gasteiger partial charge in [-0.2, -0.15) is 0 Å². The number of benzene rings is 2.